The lowest BCUT2D eigenvalue weighted by Gasteiger charge is -2.06. The van der Waals surface area contributed by atoms with Gasteiger partial charge in [-0.3, -0.25) is 10.1 Å². The van der Waals surface area contributed by atoms with Crippen molar-refractivity contribution < 1.29 is 9.34 Å². The van der Waals surface area contributed by atoms with Crippen LogP contribution < -0.4 is 0 Å². The van der Waals surface area contributed by atoms with Crippen LogP contribution in [0.4, 0.5) is 10.7 Å². The van der Waals surface area contributed by atoms with Crippen molar-refractivity contribution in [3.8, 4) is 17.4 Å². The molecule has 0 spiro atoms. The third-order valence-corrected chi connectivity index (χ3v) is 6.37. The average molecular weight is 391 g/mol. The Labute approximate surface area is 165 Å². The first-order valence-electron chi connectivity index (χ1n) is 8.93. The molecule has 7 heteroatoms. The van der Waals surface area contributed by atoms with Gasteiger partial charge in [0.25, 0.3) is 5.69 Å². The van der Waals surface area contributed by atoms with E-state index in [1.54, 1.807) is 30.5 Å². The lowest BCUT2D eigenvalue weighted by atomic mass is 10.00. The molecule has 1 aromatic carbocycles. The number of nitrogens with zero attached hydrogens (tertiary/aromatic N) is 3. The van der Waals surface area contributed by atoms with Gasteiger partial charge in [0.1, 0.15) is 22.6 Å². The molecule has 140 valence electrons. The fourth-order valence-electron chi connectivity index (χ4n) is 3.56. The van der Waals surface area contributed by atoms with Crippen molar-refractivity contribution in [2.24, 2.45) is 4.99 Å². The Bertz CT molecular complexity index is 1160. The summed E-state index contributed by atoms with van der Waals surface area (Å²) >= 11 is 1.58. The van der Waals surface area contributed by atoms with Crippen LogP contribution >= 0.6 is 11.3 Å². The smallest absolute Gasteiger partial charge is 0.272 e. The van der Waals surface area contributed by atoms with Crippen LogP contribution in [0.1, 0.15) is 39.3 Å². The van der Waals surface area contributed by atoms with Gasteiger partial charge in [-0.25, -0.2) is 4.99 Å². The molecule has 0 atom stereocenters. The number of aryl methyl sites for hydroxylation is 1. The molecule has 4 rings (SSSR count). The maximum absolute atomic E-state index is 11.1. The van der Waals surface area contributed by atoms with Gasteiger partial charge in [0.2, 0.25) is 0 Å². The van der Waals surface area contributed by atoms with Crippen molar-refractivity contribution in [1.29, 1.82) is 5.26 Å². The summed E-state index contributed by atoms with van der Waals surface area (Å²) in [4.78, 5) is 16.5. The van der Waals surface area contributed by atoms with Gasteiger partial charge in [-0.2, -0.15) is 5.26 Å². The van der Waals surface area contributed by atoms with Crippen molar-refractivity contribution in [3.05, 3.63) is 67.3 Å². The first kappa shape index (κ1) is 18.1. The summed E-state index contributed by atoms with van der Waals surface area (Å²) in [5, 5.41) is 21.3. The van der Waals surface area contributed by atoms with Gasteiger partial charge >= 0.3 is 0 Å². The Morgan fingerprint density at radius 3 is 2.82 bits per heavy atom. The van der Waals surface area contributed by atoms with Crippen molar-refractivity contribution >= 4 is 28.2 Å². The number of thiophene rings is 1. The molecule has 0 aliphatic heterocycles. The highest BCUT2D eigenvalue weighted by Crippen LogP contribution is 2.40. The number of fused-ring (bicyclic) bond motifs is 1. The number of aliphatic imine (C=N–C) groups is 1. The van der Waals surface area contributed by atoms with Crippen LogP contribution in [-0.4, -0.2) is 11.1 Å². The second-order valence-electron chi connectivity index (χ2n) is 6.75. The van der Waals surface area contributed by atoms with E-state index in [0.29, 0.717) is 22.6 Å². The van der Waals surface area contributed by atoms with E-state index in [0.717, 1.165) is 41.0 Å². The zero-order chi connectivity index (χ0) is 19.8. The van der Waals surface area contributed by atoms with Gasteiger partial charge in [0.15, 0.2) is 0 Å². The summed E-state index contributed by atoms with van der Waals surface area (Å²) in [5.41, 5.74) is 4.19. The molecule has 28 heavy (non-hydrogen) atoms. The zero-order valence-electron chi connectivity index (χ0n) is 15.5. The van der Waals surface area contributed by atoms with Crippen molar-refractivity contribution in [1.82, 2.24) is 0 Å². The van der Waals surface area contributed by atoms with Crippen LogP contribution in [0.5, 0.6) is 0 Å². The van der Waals surface area contributed by atoms with Crippen LogP contribution in [0.25, 0.3) is 11.3 Å². The summed E-state index contributed by atoms with van der Waals surface area (Å²) in [5.74, 6) is 1.20. The lowest BCUT2D eigenvalue weighted by Crippen LogP contribution is -1.95. The van der Waals surface area contributed by atoms with E-state index in [2.05, 4.69) is 11.1 Å². The van der Waals surface area contributed by atoms with E-state index in [1.807, 2.05) is 19.1 Å². The third kappa shape index (κ3) is 3.02. The fraction of sp³-hybridized carbons (Fsp3) is 0.238. The molecule has 6 nitrogen and oxygen atoms in total. The quantitative estimate of drug-likeness (QED) is 0.327. The van der Waals surface area contributed by atoms with Gasteiger partial charge in [-0.15, -0.1) is 11.3 Å². The number of nitriles is 1. The number of nitro groups is 1. The number of hydrogen-bond acceptors (Lipinski definition) is 6. The van der Waals surface area contributed by atoms with E-state index >= 15 is 0 Å². The maximum Gasteiger partial charge on any atom is 0.272 e. The molecule has 0 radical (unpaired) electrons. The van der Waals surface area contributed by atoms with Crippen LogP contribution in [-0.2, 0) is 12.8 Å². The fourth-order valence-corrected chi connectivity index (χ4v) is 4.74. The SMILES string of the molecule is Cc1c(-c2ccc(/C=N/c3sc4c(c3C#N)CCC4)o2)ccc([N+](=O)[O-])c1C. The normalized spacial score (nSPS) is 13.0. The molecule has 0 saturated carbocycles. The molecule has 0 bridgehead atoms. The summed E-state index contributed by atoms with van der Waals surface area (Å²) in [7, 11) is 0. The van der Waals surface area contributed by atoms with Crippen LogP contribution in [0.15, 0.2) is 33.7 Å². The highest BCUT2D eigenvalue weighted by molar-refractivity contribution is 7.16. The van der Waals surface area contributed by atoms with Crippen LogP contribution in [0.3, 0.4) is 0 Å². The van der Waals surface area contributed by atoms with E-state index in [-0.39, 0.29) is 10.6 Å². The minimum Gasteiger partial charge on any atom is -0.455 e. The number of benzene rings is 1. The molecule has 3 aromatic rings. The predicted molar refractivity (Wildman–Crippen MR) is 109 cm³/mol. The predicted octanol–water partition coefficient (Wildman–Crippen LogP) is 5.64. The maximum atomic E-state index is 11.1. The van der Waals surface area contributed by atoms with Gasteiger partial charge in [0.05, 0.1) is 16.7 Å². The highest BCUT2D eigenvalue weighted by Gasteiger charge is 2.22. The Morgan fingerprint density at radius 2 is 2.07 bits per heavy atom. The summed E-state index contributed by atoms with van der Waals surface area (Å²) in [6.45, 7) is 3.59. The van der Waals surface area contributed by atoms with E-state index in [9.17, 15) is 15.4 Å². The first-order valence-corrected chi connectivity index (χ1v) is 9.74. The summed E-state index contributed by atoms with van der Waals surface area (Å²) < 4.78 is 5.88. The topological polar surface area (TPSA) is 92.4 Å². The molecule has 0 saturated heterocycles. The second-order valence-corrected chi connectivity index (χ2v) is 7.83. The number of hydrogen-bond donors (Lipinski definition) is 0. The Kier molecular flexibility index (Phi) is 4.57. The van der Waals surface area contributed by atoms with E-state index in [1.165, 1.54) is 10.9 Å². The molecule has 1 aliphatic rings. The standard InChI is InChI=1S/C21H17N3O3S/c1-12-13(2)18(24(25)26)8-7-15(12)19-9-6-14(27-19)11-23-21-17(10-22)16-4-3-5-20(16)28-21/h6-9,11H,3-5H2,1-2H3/b23-11+. The number of rotatable bonds is 4. The summed E-state index contributed by atoms with van der Waals surface area (Å²) in [6.07, 6.45) is 4.70. The molecule has 0 N–H and O–H groups in total. The third-order valence-electron chi connectivity index (χ3n) is 5.17. The van der Waals surface area contributed by atoms with Gasteiger partial charge in [0, 0.05) is 22.1 Å². The minimum absolute atomic E-state index is 0.101. The molecule has 2 heterocycles. The van der Waals surface area contributed by atoms with Gasteiger partial charge in [-0.1, -0.05) is 0 Å². The van der Waals surface area contributed by atoms with Gasteiger partial charge < -0.3 is 4.42 Å². The number of nitro benzene ring substituents is 1. The minimum atomic E-state index is -0.377. The van der Waals surface area contributed by atoms with Crippen LogP contribution in [0.2, 0.25) is 0 Å². The Morgan fingerprint density at radius 1 is 1.25 bits per heavy atom. The lowest BCUT2D eigenvalue weighted by molar-refractivity contribution is -0.385. The number of furan rings is 1. The van der Waals surface area contributed by atoms with E-state index in [4.69, 9.17) is 4.42 Å². The Hall–Kier alpha value is -3.24. The van der Waals surface area contributed by atoms with Crippen molar-refractivity contribution in [2.75, 3.05) is 0 Å². The van der Waals surface area contributed by atoms with Crippen molar-refractivity contribution in [2.45, 2.75) is 33.1 Å². The second kappa shape index (κ2) is 7.06. The van der Waals surface area contributed by atoms with E-state index < -0.39 is 0 Å². The van der Waals surface area contributed by atoms with Crippen LogP contribution in [0, 0.1) is 35.3 Å². The Balaban J connectivity index is 1.63. The largest absolute Gasteiger partial charge is 0.455 e. The first-order chi connectivity index (χ1) is 13.5. The molecule has 2 aromatic heterocycles. The molecule has 0 fully saturated rings. The average Bonchev–Trinajstić information content (AvgIpc) is 3.37. The zero-order valence-corrected chi connectivity index (χ0v) is 16.3. The molecular formula is C21H17N3O3S. The van der Waals surface area contributed by atoms with Gasteiger partial charge in [-0.05, 0) is 62.4 Å². The monoisotopic (exact) mass is 391 g/mol. The molecule has 1 aliphatic carbocycles. The van der Waals surface area contributed by atoms with Crippen molar-refractivity contribution in [3.63, 3.8) is 0 Å². The molecular weight excluding hydrogens is 374 g/mol. The highest BCUT2D eigenvalue weighted by atomic mass is 32.1. The molecule has 0 unspecified atom stereocenters. The molecule has 0 amide bonds. The summed E-state index contributed by atoms with van der Waals surface area (Å²) in [6, 6.07) is 9.12.